The lowest BCUT2D eigenvalue weighted by atomic mass is 9.89. The zero-order chi connectivity index (χ0) is 26.3. The standard InChI is InChI=1S/C31H29N5O2/c32-27-11-5-6-12-28(27)36-31(38)23-15-16-29(35-20-23)33-17-18-34-30(37)19-22-14-13-21-7-1-2-8-24(21)26-10-4-3-9-25(22)26/h1,3-7,9-16,19-20H,2,8,17-18,32H2,(H,33,35)(H,34,37)(H,36,38). The van der Waals surface area contributed by atoms with Crippen molar-refractivity contribution in [2.24, 2.45) is 0 Å². The summed E-state index contributed by atoms with van der Waals surface area (Å²) in [6.45, 7) is 0.906. The van der Waals surface area contributed by atoms with Gasteiger partial charge in [-0.15, -0.1) is 0 Å². The SMILES string of the molecule is Nc1ccccc1NC(=O)c1ccc(NCCNC(=O)C=C2C=CC3=C(CCC=C3)c3ccccc32)nc1. The fourth-order valence-corrected chi connectivity index (χ4v) is 4.53. The van der Waals surface area contributed by atoms with Crippen molar-refractivity contribution in [1.29, 1.82) is 0 Å². The number of carbonyl (C=O) groups is 2. The minimum atomic E-state index is -0.288. The van der Waals surface area contributed by atoms with Gasteiger partial charge < -0.3 is 21.7 Å². The Bertz CT molecular complexity index is 1480. The molecule has 7 nitrogen and oxygen atoms in total. The molecule has 5 N–H and O–H groups in total. The number of nitrogens with zero attached hydrogens (tertiary/aromatic N) is 1. The third-order valence-corrected chi connectivity index (χ3v) is 6.46. The highest BCUT2D eigenvalue weighted by Crippen LogP contribution is 2.37. The number of aromatic nitrogens is 1. The van der Waals surface area contributed by atoms with E-state index in [0.717, 1.165) is 24.0 Å². The normalized spacial score (nSPS) is 14.9. The number of hydrogen-bond acceptors (Lipinski definition) is 5. The fourth-order valence-electron chi connectivity index (χ4n) is 4.53. The van der Waals surface area contributed by atoms with E-state index in [0.29, 0.717) is 35.8 Å². The van der Waals surface area contributed by atoms with Gasteiger partial charge in [-0.3, -0.25) is 9.59 Å². The van der Waals surface area contributed by atoms with Crippen LogP contribution in [-0.2, 0) is 4.79 Å². The van der Waals surface area contributed by atoms with Gasteiger partial charge >= 0.3 is 0 Å². The summed E-state index contributed by atoms with van der Waals surface area (Å²) in [5.41, 5.74) is 13.0. The number of para-hydroxylation sites is 2. The minimum Gasteiger partial charge on any atom is -0.397 e. The van der Waals surface area contributed by atoms with Crippen LogP contribution in [0.2, 0.25) is 0 Å². The van der Waals surface area contributed by atoms with Gasteiger partial charge in [-0.2, -0.15) is 0 Å². The molecule has 2 aliphatic rings. The molecule has 0 aliphatic heterocycles. The second kappa shape index (κ2) is 11.4. The zero-order valence-corrected chi connectivity index (χ0v) is 20.9. The molecule has 0 radical (unpaired) electrons. The number of benzene rings is 2. The summed E-state index contributed by atoms with van der Waals surface area (Å²) in [5, 5.41) is 8.88. The molecule has 5 rings (SSSR count). The Morgan fingerprint density at radius 2 is 1.74 bits per heavy atom. The number of hydrogen-bond donors (Lipinski definition) is 4. The molecular formula is C31H29N5O2. The summed E-state index contributed by atoms with van der Waals surface area (Å²) < 4.78 is 0. The molecule has 0 spiro atoms. The molecule has 0 fully saturated rings. The van der Waals surface area contributed by atoms with Crippen LogP contribution in [0.25, 0.3) is 11.1 Å². The molecule has 0 unspecified atom stereocenters. The van der Waals surface area contributed by atoms with Crippen molar-refractivity contribution < 1.29 is 9.59 Å². The van der Waals surface area contributed by atoms with Gasteiger partial charge in [-0.25, -0.2) is 4.98 Å². The van der Waals surface area contributed by atoms with Gasteiger partial charge in [0.1, 0.15) is 5.82 Å². The fraction of sp³-hybridized carbons (Fsp3) is 0.129. The average molecular weight is 504 g/mol. The molecule has 1 heterocycles. The second-order valence-electron chi connectivity index (χ2n) is 9.04. The maximum Gasteiger partial charge on any atom is 0.257 e. The first-order valence-electron chi connectivity index (χ1n) is 12.6. The molecule has 2 aliphatic carbocycles. The quantitative estimate of drug-likeness (QED) is 0.201. The molecule has 0 bridgehead atoms. The number of nitrogens with one attached hydrogen (secondary N) is 3. The zero-order valence-electron chi connectivity index (χ0n) is 20.9. The number of nitrogen functional groups attached to an aromatic ring is 1. The Hall–Kier alpha value is -4.91. The number of anilines is 3. The van der Waals surface area contributed by atoms with E-state index in [-0.39, 0.29) is 11.8 Å². The molecule has 38 heavy (non-hydrogen) atoms. The Labute approximate surface area is 221 Å². The Morgan fingerprint density at radius 1 is 0.921 bits per heavy atom. The van der Waals surface area contributed by atoms with E-state index in [1.54, 1.807) is 42.5 Å². The topological polar surface area (TPSA) is 109 Å². The molecule has 0 saturated heterocycles. The Balaban J connectivity index is 1.14. The van der Waals surface area contributed by atoms with Gasteiger partial charge in [-0.05, 0) is 65.0 Å². The average Bonchev–Trinajstić information content (AvgIpc) is 3.10. The first-order chi connectivity index (χ1) is 18.6. The van der Waals surface area contributed by atoms with E-state index >= 15 is 0 Å². The van der Waals surface area contributed by atoms with E-state index in [1.807, 2.05) is 18.2 Å². The van der Waals surface area contributed by atoms with Gasteiger partial charge in [-0.1, -0.05) is 60.7 Å². The van der Waals surface area contributed by atoms with Crippen LogP contribution in [0.4, 0.5) is 17.2 Å². The molecule has 2 amide bonds. The summed E-state index contributed by atoms with van der Waals surface area (Å²) in [6, 6.07) is 18.7. The Kier molecular flexibility index (Phi) is 7.45. The highest BCUT2D eigenvalue weighted by molar-refractivity contribution is 6.05. The Morgan fingerprint density at radius 3 is 2.55 bits per heavy atom. The first-order valence-corrected chi connectivity index (χ1v) is 12.6. The summed E-state index contributed by atoms with van der Waals surface area (Å²) in [7, 11) is 0. The van der Waals surface area contributed by atoms with E-state index in [1.165, 1.54) is 22.9 Å². The molecule has 7 heteroatoms. The monoisotopic (exact) mass is 503 g/mol. The van der Waals surface area contributed by atoms with Crippen LogP contribution in [0.15, 0.2) is 103 Å². The van der Waals surface area contributed by atoms with Crippen LogP contribution in [-0.4, -0.2) is 29.9 Å². The summed E-state index contributed by atoms with van der Waals surface area (Å²) in [5.74, 6) is 0.166. The van der Waals surface area contributed by atoms with E-state index in [4.69, 9.17) is 5.73 Å². The highest BCUT2D eigenvalue weighted by Gasteiger charge is 2.17. The number of rotatable bonds is 7. The van der Waals surface area contributed by atoms with Crippen molar-refractivity contribution in [3.05, 3.63) is 120 Å². The largest absolute Gasteiger partial charge is 0.397 e. The number of pyridine rings is 1. The van der Waals surface area contributed by atoms with Crippen molar-refractivity contribution in [3.8, 4) is 0 Å². The number of allylic oxidation sites excluding steroid dienone is 7. The molecule has 190 valence electrons. The summed E-state index contributed by atoms with van der Waals surface area (Å²) in [4.78, 5) is 29.5. The number of carbonyl (C=O) groups excluding carboxylic acids is 2. The molecule has 3 aromatic rings. The van der Waals surface area contributed by atoms with Crippen LogP contribution in [0.5, 0.6) is 0 Å². The van der Waals surface area contributed by atoms with Crippen molar-refractivity contribution in [3.63, 3.8) is 0 Å². The molecule has 0 atom stereocenters. The van der Waals surface area contributed by atoms with Crippen molar-refractivity contribution >= 4 is 40.2 Å². The van der Waals surface area contributed by atoms with E-state index in [9.17, 15) is 9.59 Å². The molecule has 2 aromatic carbocycles. The maximum atomic E-state index is 12.7. The smallest absolute Gasteiger partial charge is 0.257 e. The number of amides is 2. The summed E-state index contributed by atoms with van der Waals surface area (Å²) >= 11 is 0. The third kappa shape index (κ3) is 5.73. The van der Waals surface area contributed by atoms with Crippen LogP contribution in [0.3, 0.4) is 0 Å². The molecule has 1 aromatic heterocycles. The predicted octanol–water partition coefficient (Wildman–Crippen LogP) is 5.20. The lowest BCUT2D eigenvalue weighted by Gasteiger charge is -2.15. The second-order valence-corrected chi connectivity index (χ2v) is 9.04. The first kappa shape index (κ1) is 24.8. The summed E-state index contributed by atoms with van der Waals surface area (Å²) in [6.07, 6.45) is 13.6. The van der Waals surface area contributed by atoms with Crippen LogP contribution >= 0.6 is 0 Å². The predicted molar refractivity (Wildman–Crippen MR) is 153 cm³/mol. The van der Waals surface area contributed by atoms with Crippen molar-refractivity contribution in [2.45, 2.75) is 12.8 Å². The van der Waals surface area contributed by atoms with Gasteiger partial charge in [0.05, 0.1) is 16.9 Å². The lowest BCUT2D eigenvalue weighted by molar-refractivity contribution is -0.116. The number of fused-ring (bicyclic) bond motifs is 2. The van der Waals surface area contributed by atoms with Gasteiger partial charge in [0.25, 0.3) is 5.91 Å². The maximum absolute atomic E-state index is 12.7. The molecular weight excluding hydrogens is 474 g/mol. The van der Waals surface area contributed by atoms with E-state index < -0.39 is 0 Å². The van der Waals surface area contributed by atoms with E-state index in [2.05, 4.69) is 51.3 Å². The van der Waals surface area contributed by atoms with Crippen molar-refractivity contribution in [2.75, 3.05) is 29.5 Å². The van der Waals surface area contributed by atoms with Crippen LogP contribution in [0.1, 0.15) is 34.3 Å². The highest BCUT2D eigenvalue weighted by atomic mass is 16.2. The minimum absolute atomic E-state index is 0.156. The van der Waals surface area contributed by atoms with Gasteiger partial charge in [0, 0.05) is 25.4 Å². The molecule has 0 saturated carbocycles. The van der Waals surface area contributed by atoms with Crippen molar-refractivity contribution in [1.82, 2.24) is 10.3 Å². The lowest BCUT2D eigenvalue weighted by Crippen LogP contribution is -2.27. The van der Waals surface area contributed by atoms with Gasteiger partial charge in [0.15, 0.2) is 0 Å². The number of nitrogens with two attached hydrogens (primary N) is 1. The third-order valence-electron chi connectivity index (χ3n) is 6.46. The van der Waals surface area contributed by atoms with Gasteiger partial charge in [0.2, 0.25) is 5.91 Å². The van der Waals surface area contributed by atoms with Crippen LogP contribution < -0.4 is 21.7 Å². The van der Waals surface area contributed by atoms with Crippen LogP contribution in [0, 0.1) is 0 Å².